The van der Waals surface area contributed by atoms with E-state index in [2.05, 4.69) is 16.4 Å². The van der Waals surface area contributed by atoms with Crippen LogP contribution in [0.15, 0.2) is 30.5 Å². The van der Waals surface area contributed by atoms with Gasteiger partial charge in [-0.15, -0.1) is 0 Å². The van der Waals surface area contributed by atoms with Crippen molar-refractivity contribution < 1.29 is 4.74 Å². The number of fused-ring (bicyclic) bond motifs is 1. The number of pyridine rings is 1. The number of hydrogen-bond acceptors (Lipinski definition) is 4. The molecule has 1 heterocycles. The van der Waals surface area contributed by atoms with E-state index in [1.54, 1.807) is 7.11 Å². The largest absolute Gasteiger partial charge is 0.497 e. The van der Waals surface area contributed by atoms with Gasteiger partial charge in [-0.25, -0.2) is 4.98 Å². The highest BCUT2D eigenvalue weighted by Crippen LogP contribution is 2.33. The third-order valence-electron chi connectivity index (χ3n) is 4.56. The monoisotopic (exact) mass is 285 g/mol. The SMILES string of the molecule is COc1ccc2c(NC3(CN)CCCCC3)nccc2c1. The Bertz CT molecular complexity index is 620. The van der Waals surface area contributed by atoms with Crippen LogP contribution in [-0.4, -0.2) is 24.2 Å². The summed E-state index contributed by atoms with van der Waals surface area (Å²) in [6, 6.07) is 8.10. The van der Waals surface area contributed by atoms with Gasteiger partial charge >= 0.3 is 0 Å². The molecule has 1 aromatic heterocycles. The summed E-state index contributed by atoms with van der Waals surface area (Å²) in [6.07, 6.45) is 7.88. The molecule has 0 spiro atoms. The van der Waals surface area contributed by atoms with Crippen molar-refractivity contribution in [1.29, 1.82) is 0 Å². The van der Waals surface area contributed by atoms with Crippen molar-refractivity contribution in [2.24, 2.45) is 5.73 Å². The highest BCUT2D eigenvalue weighted by Gasteiger charge is 2.31. The van der Waals surface area contributed by atoms with Crippen molar-refractivity contribution in [1.82, 2.24) is 4.98 Å². The molecule has 1 saturated carbocycles. The summed E-state index contributed by atoms with van der Waals surface area (Å²) >= 11 is 0. The van der Waals surface area contributed by atoms with Crippen molar-refractivity contribution in [3.05, 3.63) is 30.5 Å². The number of anilines is 1. The molecular weight excluding hydrogens is 262 g/mol. The van der Waals surface area contributed by atoms with Gasteiger partial charge in [0.2, 0.25) is 0 Å². The molecule has 3 N–H and O–H groups in total. The number of methoxy groups -OCH3 is 1. The lowest BCUT2D eigenvalue weighted by molar-refractivity contribution is 0.330. The average molecular weight is 285 g/mol. The van der Waals surface area contributed by atoms with Crippen LogP contribution in [0.4, 0.5) is 5.82 Å². The molecule has 0 atom stereocenters. The summed E-state index contributed by atoms with van der Waals surface area (Å²) in [5.74, 6) is 1.80. The van der Waals surface area contributed by atoms with Crippen molar-refractivity contribution >= 4 is 16.6 Å². The molecule has 0 saturated heterocycles. The van der Waals surface area contributed by atoms with E-state index in [4.69, 9.17) is 10.5 Å². The van der Waals surface area contributed by atoms with Gasteiger partial charge in [0.05, 0.1) is 12.6 Å². The molecule has 0 radical (unpaired) electrons. The fourth-order valence-electron chi connectivity index (χ4n) is 3.24. The molecule has 3 rings (SSSR count). The first kappa shape index (κ1) is 14.1. The van der Waals surface area contributed by atoms with Crippen LogP contribution in [0.5, 0.6) is 5.75 Å². The van der Waals surface area contributed by atoms with Gasteiger partial charge in [-0.3, -0.25) is 0 Å². The molecule has 1 aliphatic carbocycles. The molecule has 112 valence electrons. The number of nitrogens with two attached hydrogens (primary N) is 1. The molecule has 0 amide bonds. The second kappa shape index (κ2) is 5.90. The van der Waals surface area contributed by atoms with Crippen LogP contribution in [0.25, 0.3) is 10.8 Å². The van der Waals surface area contributed by atoms with E-state index in [-0.39, 0.29) is 5.54 Å². The molecule has 4 heteroatoms. The lowest BCUT2D eigenvalue weighted by atomic mass is 9.81. The zero-order valence-corrected chi connectivity index (χ0v) is 12.6. The van der Waals surface area contributed by atoms with Crippen molar-refractivity contribution in [2.75, 3.05) is 19.0 Å². The van der Waals surface area contributed by atoms with Gasteiger partial charge in [0.1, 0.15) is 11.6 Å². The van der Waals surface area contributed by atoms with Crippen LogP contribution >= 0.6 is 0 Å². The van der Waals surface area contributed by atoms with Gasteiger partial charge in [-0.05, 0) is 42.5 Å². The fraction of sp³-hybridized carbons (Fsp3) is 0.471. The van der Waals surface area contributed by atoms with Gasteiger partial charge < -0.3 is 15.8 Å². The predicted molar refractivity (Wildman–Crippen MR) is 86.8 cm³/mol. The number of hydrogen-bond donors (Lipinski definition) is 2. The smallest absolute Gasteiger partial charge is 0.134 e. The van der Waals surface area contributed by atoms with Crippen LogP contribution in [-0.2, 0) is 0 Å². The van der Waals surface area contributed by atoms with E-state index >= 15 is 0 Å². The Morgan fingerprint density at radius 2 is 2.05 bits per heavy atom. The maximum Gasteiger partial charge on any atom is 0.134 e. The zero-order chi connectivity index (χ0) is 14.7. The predicted octanol–water partition coefficient (Wildman–Crippen LogP) is 3.32. The minimum Gasteiger partial charge on any atom is -0.497 e. The van der Waals surface area contributed by atoms with Crippen LogP contribution in [0.2, 0.25) is 0 Å². The van der Waals surface area contributed by atoms with Gasteiger partial charge in [-0.2, -0.15) is 0 Å². The first-order valence-electron chi connectivity index (χ1n) is 7.67. The molecule has 1 fully saturated rings. The lowest BCUT2D eigenvalue weighted by Gasteiger charge is -2.37. The Labute approximate surface area is 125 Å². The number of rotatable bonds is 4. The van der Waals surface area contributed by atoms with Gasteiger partial charge in [0, 0.05) is 18.1 Å². The molecule has 0 unspecified atom stereocenters. The Balaban J connectivity index is 1.96. The van der Waals surface area contributed by atoms with Crippen molar-refractivity contribution in [2.45, 2.75) is 37.6 Å². The Hall–Kier alpha value is -1.81. The third kappa shape index (κ3) is 2.81. The first-order chi connectivity index (χ1) is 10.3. The molecule has 1 aromatic carbocycles. The van der Waals surface area contributed by atoms with Gasteiger partial charge in [0.25, 0.3) is 0 Å². The quantitative estimate of drug-likeness (QED) is 0.904. The number of benzene rings is 1. The minimum absolute atomic E-state index is 0.000535. The van der Waals surface area contributed by atoms with Crippen LogP contribution in [0, 0.1) is 0 Å². The summed E-state index contributed by atoms with van der Waals surface area (Å²) in [6.45, 7) is 0.654. The molecule has 1 aliphatic rings. The van der Waals surface area contributed by atoms with Crippen molar-refractivity contribution in [3.8, 4) is 5.75 Å². The number of nitrogens with one attached hydrogen (secondary N) is 1. The molecule has 0 bridgehead atoms. The van der Waals surface area contributed by atoms with E-state index in [9.17, 15) is 0 Å². The standard InChI is InChI=1S/C17H23N3O/c1-21-14-5-6-15-13(11-14)7-10-19-16(15)20-17(12-18)8-3-2-4-9-17/h5-7,10-11H,2-4,8-9,12,18H2,1H3,(H,19,20). The number of nitrogens with zero attached hydrogens (tertiary/aromatic N) is 1. The molecule has 4 nitrogen and oxygen atoms in total. The Morgan fingerprint density at radius 1 is 1.24 bits per heavy atom. The second-order valence-corrected chi connectivity index (χ2v) is 5.92. The zero-order valence-electron chi connectivity index (χ0n) is 12.6. The Kier molecular flexibility index (Phi) is 3.97. The summed E-state index contributed by atoms with van der Waals surface area (Å²) in [5, 5.41) is 5.90. The number of aromatic nitrogens is 1. The molecule has 0 aliphatic heterocycles. The van der Waals surface area contributed by atoms with E-state index in [0.717, 1.165) is 35.2 Å². The van der Waals surface area contributed by atoms with E-state index in [0.29, 0.717) is 6.54 Å². The number of ether oxygens (including phenoxy) is 1. The first-order valence-corrected chi connectivity index (χ1v) is 7.67. The lowest BCUT2D eigenvalue weighted by Crippen LogP contribution is -2.47. The second-order valence-electron chi connectivity index (χ2n) is 5.92. The van der Waals surface area contributed by atoms with Gasteiger partial charge in [-0.1, -0.05) is 19.3 Å². The summed E-state index contributed by atoms with van der Waals surface area (Å²) in [7, 11) is 1.69. The maximum absolute atomic E-state index is 6.07. The maximum atomic E-state index is 6.07. The Morgan fingerprint density at radius 3 is 2.76 bits per heavy atom. The summed E-state index contributed by atoms with van der Waals surface area (Å²) in [4.78, 5) is 4.54. The molecule has 2 aromatic rings. The van der Waals surface area contributed by atoms with E-state index in [1.165, 1.54) is 19.3 Å². The van der Waals surface area contributed by atoms with Gasteiger partial charge in [0.15, 0.2) is 0 Å². The third-order valence-corrected chi connectivity index (χ3v) is 4.56. The minimum atomic E-state index is -0.000535. The average Bonchev–Trinajstić information content (AvgIpc) is 2.55. The van der Waals surface area contributed by atoms with E-state index in [1.807, 2.05) is 24.4 Å². The molecule has 21 heavy (non-hydrogen) atoms. The summed E-state index contributed by atoms with van der Waals surface area (Å²) in [5.41, 5.74) is 6.06. The summed E-state index contributed by atoms with van der Waals surface area (Å²) < 4.78 is 5.29. The normalized spacial score (nSPS) is 17.6. The molecular formula is C17H23N3O. The van der Waals surface area contributed by atoms with E-state index < -0.39 is 0 Å². The highest BCUT2D eigenvalue weighted by molar-refractivity contribution is 5.92. The van der Waals surface area contributed by atoms with Crippen LogP contribution in [0.3, 0.4) is 0 Å². The van der Waals surface area contributed by atoms with Crippen LogP contribution in [0.1, 0.15) is 32.1 Å². The highest BCUT2D eigenvalue weighted by atomic mass is 16.5. The van der Waals surface area contributed by atoms with Crippen molar-refractivity contribution in [3.63, 3.8) is 0 Å². The fourth-order valence-corrected chi connectivity index (χ4v) is 3.24. The van der Waals surface area contributed by atoms with Crippen LogP contribution < -0.4 is 15.8 Å². The topological polar surface area (TPSA) is 60.2 Å².